The molecule has 1 fully saturated rings. The Balaban J connectivity index is 1.20. The largest absolute Gasteiger partial charge is 0.456 e. The van der Waals surface area contributed by atoms with Crippen molar-refractivity contribution in [2.45, 2.75) is 58.9 Å². The molecule has 0 aromatic heterocycles. The third-order valence-electron chi connectivity index (χ3n) is 8.10. The van der Waals surface area contributed by atoms with E-state index < -0.39 is 0 Å². The molecule has 1 aromatic carbocycles. The molecule has 1 aromatic rings. The Hall–Kier alpha value is -2.99. The number of benzene rings is 1. The maximum Gasteiger partial charge on any atom is 0.232 e. The van der Waals surface area contributed by atoms with Gasteiger partial charge in [-0.3, -0.25) is 9.69 Å². The molecular weight excluding hydrogens is 450 g/mol. The molecule has 0 bridgehead atoms. The van der Waals surface area contributed by atoms with E-state index in [4.69, 9.17) is 9.47 Å². The number of aryl methyl sites for hydroxylation is 1. The smallest absolute Gasteiger partial charge is 0.232 e. The van der Waals surface area contributed by atoms with Crippen LogP contribution in [-0.2, 0) is 20.7 Å². The van der Waals surface area contributed by atoms with E-state index in [2.05, 4.69) is 78.0 Å². The van der Waals surface area contributed by atoms with Crippen molar-refractivity contribution in [1.29, 1.82) is 0 Å². The molecule has 1 saturated heterocycles. The summed E-state index contributed by atoms with van der Waals surface area (Å²) < 4.78 is 11.9. The number of piperazine rings is 1. The summed E-state index contributed by atoms with van der Waals surface area (Å²) in [5.41, 5.74) is 3.19. The fraction of sp³-hybridized carbons (Fsp3) is 0.500. The Kier molecular flexibility index (Phi) is 7.24. The van der Waals surface area contributed by atoms with Gasteiger partial charge >= 0.3 is 0 Å². The Morgan fingerprint density at radius 2 is 1.86 bits per heavy atom. The fourth-order valence-corrected chi connectivity index (χ4v) is 5.37. The predicted molar refractivity (Wildman–Crippen MR) is 143 cm³/mol. The van der Waals surface area contributed by atoms with Crippen LogP contribution in [0.2, 0.25) is 0 Å². The summed E-state index contributed by atoms with van der Waals surface area (Å²) in [5.74, 6) is 1.82. The molecule has 1 aliphatic carbocycles. The third-order valence-corrected chi connectivity index (χ3v) is 8.10. The van der Waals surface area contributed by atoms with Crippen LogP contribution in [0.25, 0.3) is 0 Å². The maximum atomic E-state index is 13.7. The zero-order valence-corrected chi connectivity index (χ0v) is 21.9. The van der Waals surface area contributed by atoms with Crippen LogP contribution in [0.15, 0.2) is 72.2 Å². The van der Waals surface area contributed by atoms with Gasteiger partial charge in [-0.1, -0.05) is 57.2 Å². The summed E-state index contributed by atoms with van der Waals surface area (Å²) >= 11 is 0. The van der Waals surface area contributed by atoms with Crippen LogP contribution in [0.1, 0.15) is 52.0 Å². The van der Waals surface area contributed by atoms with Gasteiger partial charge in [0.1, 0.15) is 6.26 Å². The highest BCUT2D eigenvalue weighted by atomic mass is 16.6. The van der Waals surface area contributed by atoms with Gasteiger partial charge in [-0.2, -0.15) is 0 Å². The molecule has 1 atom stereocenters. The lowest BCUT2D eigenvalue weighted by molar-refractivity contribution is -0.127. The fourth-order valence-electron chi connectivity index (χ4n) is 5.37. The predicted octanol–water partition coefficient (Wildman–Crippen LogP) is 5.35. The van der Waals surface area contributed by atoms with E-state index in [0.717, 1.165) is 82.2 Å². The zero-order valence-electron chi connectivity index (χ0n) is 21.9. The summed E-state index contributed by atoms with van der Waals surface area (Å²) in [7, 11) is 0. The number of allylic oxidation sites excluding steroid dienone is 4. The Labute approximate surface area is 215 Å². The SMILES string of the molecule is CCC(C)(C)C(=O)N1c2ccccc2CCC1CN1CCN(C2=COC(C3=CC=CCC3)=CO2)CC1. The topological polar surface area (TPSA) is 45.3 Å². The van der Waals surface area contributed by atoms with Crippen LogP contribution in [0.4, 0.5) is 5.69 Å². The molecule has 6 nitrogen and oxygen atoms in total. The minimum atomic E-state index is -0.372. The Morgan fingerprint density at radius 1 is 1.06 bits per heavy atom. The summed E-state index contributed by atoms with van der Waals surface area (Å²) in [5, 5.41) is 0. The molecule has 0 spiro atoms. The molecule has 0 N–H and O–H groups in total. The van der Waals surface area contributed by atoms with E-state index in [1.807, 2.05) is 0 Å². The Morgan fingerprint density at radius 3 is 2.56 bits per heavy atom. The molecule has 192 valence electrons. The van der Waals surface area contributed by atoms with Crippen LogP contribution in [0, 0.1) is 5.41 Å². The summed E-state index contributed by atoms with van der Waals surface area (Å²) in [6, 6.07) is 8.63. The number of ether oxygens (including phenoxy) is 2. The standard InChI is InChI=1S/C30H39N3O3/c1-4-30(2,3)29(34)33-25(15-14-23-10-8-9-13-26(23)33)20-31-16-18-32(19-17-31)28-22-35-27(21-36-28)24-11-6-5-7-12-24/h5-6,8-11,13,21-22,25H,4,7,12,14-20H2,1-3H3. The number of para-hydroxylation sites is 1. The second kappa shape index (κ2) is 10.6. The highest BCUT2D eigenvalue weighted by Gasteiger charge is 2.39. The number of fused-ring (bicyclic) bond motifs is 1. The highest BCUT2D eigenvalue weighted by molar-refractivity contribution is 5.98. The average molecular weight is 490 g/mol. The van der Waals surface area contributed by atoms with Gasteiger partial charge in [0.15, 0.2) is 12.0 Å². The minimum Gasteiger partial charge on any atom is -0.456 e. The molecule has 1 unspecified atom stereocenters. The minimum absolute atomic E-state index is 0.196. The molecule has 5 rings (SSSR count). The molecule has 0 saturated carbocycles. The zero-order chi connectivity index (χ0) is 25.1. The van der Waals surface area contributed by atoms with Crippen molar-refractivity contribution in [1.82, 2.24) is 9.80 Å². The third kappa shape index (κ3) is 5.10. The van der Waals surface area contributed by atoms with Gasteiger partial charge in [-0.05, 0) is 49.3 Å². The van der Waals surface area contributed by atoms with Gasteiger partial charge in [0, 0.05) is 49.9 Å². The molecular formula is C30H39N3O3. The normalized spacial score (nSPS) is 22.6. The second-order valence-corrected chi connectivity index (χ2v) is 10.9. The monoisotopic (exact) mass is 489 g/mol. The van der Waals surface area contributed by atoms with Gasteiger partial charge in [0.25, 0.3) is 0 Å². The highest BCUT2D eigenvalue weighted by Crippen LogP contribution is 2.36. The molecule has 0 radical (unpaired) electrons. The van der Waals surface area contributed by atoms with Crippen molar-refractivity contribution in [3.8, 4) is 0 Å². The number of carbonyl (C=O) groups is 1. The van der Waals surface area contributed by atoms with E-state index in [9.17, 15) is 4.79 Å². The van der Waals surface area contributed by atoms with Crippen molar-refractivity contribution < 1.29 is 14.3 Å². The van der Waals surface area contributed by atoms with E-state index in [1.54, 1.807) is 12.5 Å². The van der Waals surface area contributed by atoms with Crippen LogP contribution in [-0.4, -0.2) is 54.5 Å². The van der Waals surface area contributed by atoms with Crippen LogP contribution >= 0.6 is 0 Å². The number of carbonyl (C=O) groups excluding carboxylic acids is 1. The van der Waals surface area contributed by atoms with Gasteiger partial charge < -0.3 is 19.3 Å². The van der Waals surface area contributed by atoms with Crippen LogP contribution < -0.4 is 4.90 Å². The van der Waals surface area contributed by atoms with E-state index >= 15 is 0 Å². The van der Waals surface area contributed by atoms with Crippen molar-refractivity contribution >= 4 is 11.6 Å². The molecule has 4 aliphatic rings. The average Bonchev–Trinajstić information content (AvgIpc) is 2.93. The first-order valence-corrected chi connectivity index (χ1v) is 13.4. The van der Waals surface area contributed by atoms with Crippen molar-refractivity contribution in [3.63, 3.8) is 0 Å². The summed E-state index contributed by atoms with van der Waals surface area (Å²) in [6.45, 7) is 10.8. The molecule has 1 amide bonds. The number of anilines is 1. The second-order valence-electron chi connectivity index (χ2n) is 10.9. The van der Waals surface area contributed by atoms with E-state index in [1.165, 1.54) is 11.1 Å². The first-order valence-electron chi connectivity index (χ1n) is 13.4. The lowest BCUT2D eigenvalue weighted by Gasteiger charge is -2.44. The van der Waals surface area contributed by atoms with Crippen LogP contribution in [0.3, 0.4) is 0 Å². The van der Waals surface area contributed by atoms with Crippen molar-refractivity contribution in [2.24, 2.45) is 5.41 Å². The van der Waals surface area contributed by atoms with Gasteiger partial charge in [0.05, 0.1) is 0 Å². The maximum absolute atomic E-state index is 13.7. The number of hydrogen-bond acceptors (Lipinski definition) is 5. The quantitative estimate of drug-likeness (QED) is 0.539. The van der Waals surface area contributed by atoms with Gasteiger partial charge in [-0.25, -0.2) is 0 Å². The number of nitrogens with zero attached hydrogens (tertiary/aromatic N) is 3. The van der Waals surface area contributed by atoms with E-state index in [-0.39, 0.29) is 17.4 Å². The first kappa shape index (κ1) is 24.7. The molecule has 3 aliphatic heterocycles. The lowest BCUT2D eigenvalue weighted by atomic mass is 9.85. The number of amides is 1. The molecule has 3 heterocycles. The van der Waals surface area contributed by atoms with Gasteiger partial charge in [-0.15, -0.1) is 0 Å². The Bertz CT molecular complexity index is 1090. The molecule has 6 heteroatoms. The number of hydrogen-bond donors (Lipinski definition) is 0. The van der Waals surface area contributed by atoms with Gasteiger partial charge in [0.2, 0.25) is 11.8 Å². The first-order chi connectivity index (χ1) is 17.5. The van der Waals surface area contributed by atoms with Crippen LogP contribution in [0.5, 0.6) is 0 Å². The lowest BCUT2D eigenvalue weighted by Crippen LogP contribution is -2.56. The van der Waals surface area contributed by atoms with E-state index in [0.29, 0.717) is 0 Å². The molecule has 36 heavy (non-hydrogen) atoms. The van der Waals surface area contributed by atoms with Crippen molar-refractivity contribution in [2.75, 3.05) is 37.6 Å². The summed E-state index contributed by atoms with van der Waals surface area (Å²) in [6.07, 6.45) is 14.7. The summed E-state index contributed by atoms with van der Waals surface area (Å²) in [4.78, 5) is 20.6. The number of rotatable bonds is 6. The van der Waals surface area contributed by atoms with Crippen molar-refractivity contribution in [3.05, 3.63) is 77.8 Å².